The summed E-state index contributed by atoms with van der Waals surface area (Å²) in [6.07, 6.45) is -0.0656. The number of hydrogen-bond acceptors (Lipinski definition) is 4. The van der Waals surface area contributed by atoms with Crippen molar-refractivity contribution in [1.82, 2.24) is 0 Å². The Bertz CT molecular complexity index is 793. The fraction of sp³-hybridized carbons (Fsp3) is 0.176. The van der Waals surface area contributed by atoms with Crippen molar-refractivity contribution in [3.63, 3.8) is 0 Å². The minimum atomic E-state index is -1.02. The Hall–Kier alpha value is -2.96. The molecule has 0 aromatic heterocycles. The molecule has 1 saturated heterocycles. The number of hydrogen-bond donors (Lipinski definition) is 1. The summed E-state index contributed by atoms with van der Waals surface area (Å²) in [4.78, 5) is 25.7. The van der Waals surface area contributed by atoms with Crippen molar-refractivity contribution in [2.45, 2.75) is 12.5 Å². The number of rotatable bonds is 4. The SMILES string of the molecule is COc1ccc(N2C(=O)C[C@@H](Nc3ccc(F)c(F)c3)C2=O)cc1. The first kappa shape index (κ1) is 15.9. The number of anilines is 2. The molecule has 0 aliphatic carbocycles. The summed E-state index contributed by atoms with van der Waals surface area (Å²) >= 11 is 0. The highest BCUT2D eigenvalue weighted by atomic mass is 19.2. The summed E-state index contributed by atoms with van der Waals surface area (Å²) in [6.45, 7) is 0. The van der Waals surface area contributed by atoms with E-state index in [0.717, 1.165) is 17.0 Å². The number of carbonyl (C=O) groups excluding carboxylic acids is 2. The third-order valence-corrected chi connectivity index (χ3v) is 3.74. The molecule has 1 heterocycles. The van der Waals surface area contributed by atoms with Crippen molar-refractivity contribution in [3.8, 4) is 5.75 Å². The highest BCUT2D eigenvalue weighted by Crippen LogP contribution is 2.27. The van der Waals surface area contributed by atoms with Crippen molar-refractivity contribution in [1.29, 1.82) is 0 Å². The van der Waals surface area contributed by atoms with Crippen LogP contribution in [0.3, 0.4) is 0 Å². The Labute approximate surface area is 136 Å². The zero-order valence-corrected chi connectivity index (χ0v) is 12.8. The maximum atomic E-state index is 13.3. The maximum absolute atomic E-state index is 13.3. The topological polar surface area (TPSA) is 58.6 Å². The Morgan fingerprint density at radius 2 is 1.79 bits per heavy atom. The number of nitrogens with one attached hydrogen (secondary N) is 1. The van der Waals surface area contributed by atoms with Gasteiger partial charge in [-0.2, -0.15) is 0 Å². The van der Waals surface area contributed by atoms with Gasteiger partial charge in [-0.3, -0.25) is 9.59 Å². The predicted octanol–water partition coefficient (Wildman–Crippen LogP) is 2.72. The molecule has 24 heavy (non-hydrogen) atoms. The second-order valence-electron chi connectivity index (χ2n) is 5.30. The lowest BCUT2D eigenvalue weighted by molar-refractivity contribution is -0.121. The number of carbonyl (C=O) groups is 2. The highest BCUT2D eigenvalue weighted by molar-refractivity contribution is 6.23. The van der Waals surface area contributed by atoms with E-state index in [1.54, 1.807) is 24.3 Å². The van der Waals surface area contributed by atoms with E-state index < -0.39 is 23.6 Å². The lowest BCUT2D eigenvalue weighted by Crippen LogP contribution is -2.34. The van der Waals surface area contributed by atoms with Gasteiger partial charge >= 0.3 is 0 Å². The van der Waals surface area contributed by atoms with Gasteiger partial charge in [0.2, 0.25) is 5.91 Å². The number of amides is 2. The number of ether oxygens (including phenoxy) is 1. The van der Waals surface area contributed by atoms with E-state index in [2.05, 4.69) is 5.32 Å². The van der Waals surface area contributed by atoms with E-state index in [9.17, 15) is 18.4 Å². The summed E-state index contributed by atoms with van der Waals surface area (Å²) in [6, 6.07) is 8.89. The molecule has 1 N–H and O–H groups in total. The van der Waals surface area contributed by atoms with Gasteiger partial charge in [-0.25, -0.2) is 13.7 Å². The lowest BCUT2D eigenvalue weighted by atomic mass is 10.2. The molecular formula is C17H14F2N2O3. The molecule has 0 saturated carbocycles. The number of nitrogens with zero attached hydrogens (tertiary/aromatic N) is 1. The van der Waals surface area contributed by atoms with Gasteiger partial charge in [-0.05, 0) is 36.4 Å². The molecule has 2 amide bonds. The lowest BCUT2D eigenvalue weighted by Gasteiger charge is -2.16. The van der Waals surface area contributed by atoms with Crippen LogP contribution >= 0.6 is 0 Å². The number of halogens is 2. The normalized spacial score (nSPS) is 17.3. The van der Waals surface area contributed by atoms with Crippen molar-refractivity contribution in [3.05, 3.63) is 54.1 Å². The Morgan fingerprint density at radius 3 is 2.42 bits per heavy atom. The molecule has 0 bridgehead atoms. The molecule has 0 spiro atoms. The molecular weight excluding hydrogens is 318 g/mol. The van der Waals surface area contributed by atoms with Crippen molar-refractivity contribution < 1.29 is 23.1 Å². The fourth-order valence-corrected chi connectivity index (χ4v) is 2.53. The third-order valence-electron chi connectivity index (χ3n) is 3.74. The van der Waals surface area contributed by atoms with E-state index in [-0.39, 0.29) is 18.0 Å². The zero-order valence-electron chi connectivity index (χ0n) is 12.8. The second-order valence-corrected chi connectivity index (χ2v) is 5.30. The summed E-state index contributed by atoms with van der Waals surface area (Å²) in [5, 5.41) is 2.77. The molecule has 1 fully saturated rings. The van der Waals surface area contributed by atoms with Crippen molar-refractivity contribution >= 4 is 23.2 Å². The van der Waals surface area contributed by atoms with E-state index in [4.69, 9.17) is 4.74 Å². The van der Waals surface area contributed by atoms with Gasteiger partial charge in [0.15, 0.2) is 11.6 Å². The number of methoxy groups -OCH3 is 1. The Morgan fingerprint density at radius 1 is 1.08 bits per heavy atom. The Kier molecular flexibility index (Phi) is 4.16. The van der Waals surface area contributed by atoms with Gasteiger partial charge in [0, 0.05) is 11.8 Å². The van der Waals surface area contributed by atoms with Crippen molar-refractivity contribution in [2.75, 3.05) is 17.3 Å². The number of benzene rings is 2. The second kappa shape index (κ2) is 6.27. The average molecular weight is 332 g/mol. The zero-order chi connectivity index (χ0) is 17.3. The van der Waals surface area contributed by atoms with Crippen LogP contribution in [0.15, 0.2) is 42.5 Å². The fourth-order valence-electron chi connectivity index (χ4n) is 2.53. The van der Waals surface area contributed by atoms with Gasteiger partial charge in [0.1, 0.15) is 11.8 Å². The summed E-state index contributed by atoms with van der Waals surface area (Å²) in [5.74, 6) is -2.22. The van der Waals surface area contributed by atoms with Crippen LogP contribution in [0.5, 0.6) is 5.75 Å². The number of imide groups is 1. The summed E-state index contributed by atoms with van der Waals surface area (Å²) in [5.41, 5.74) is 0.664. The predicted molar refractivity (Wildman–Crippen MR) is 83.9 cm³/mol. The van der Waals surface area contributed by atoms with Gasteiger partial charge in [-0.15, -0.1) is 0 Å². The Balaban J connectivity index is 1.79. The van der Waals surface area contributed by atoms with Crippen LogP contribution in [0.4, 0.5) is 20.2 Å². The molecule has 0 unspecified atom stereocenters. The van der Waals surface area contributed by atoms with Crippen LogP contribution < -0.4 is 15.0 Å². The van der Waals surface area contributed by atoms with E-state index >= 15 is 0 Å². The van der Waals surface area contributed by atoms with Crippen LogP contribution in [0, 0.1) is 11.6 Å². The third kappa shape index (κ3) is 2.92. The molecule has 2 aromatic rings. The van der Waals surface area contributed by atoms with Crippen LogP contribution in [-0.2, 0) is 9.59 Å². The molecule has 3 rings (SSSR count). The maximum Gasteiger partial charge on any atom is 0.256 e. The quantitative estimate of drug-likeness (QED) is 0.875. The molecule has 1 aliphatic rings. The van der Waals surface area contributed by atoms with Crippen molar-refractivity contribution in [2.24, 2.45) is 0 Å². The standard InChI is InChI=1S/C17H14F2N2O3/c1-24-12-5-3-11(4-6-12)21-16(22)9-15(17(21)23)20-10-2-7-13(18)14(19)8-10/h2-8,15,20H,9H2,1H3/t15-/m1/s1. The van der Waals surface area contributed by atoms with E-state index in [0.29, 0.717) is 11.4 Å². The molecule has 1 atom stereocenters. The molecule has 5 nitrogen and oxygen atoms in total. The van der Waals surface area contributed by atoms with Crippen LogP contribution in [0.2, 0.25) is 0 Å². The van der Waals surface area contributed by atoms with Gasteiger partial charge < -0.3 is 10.1 Å². The van der Waals surface area contributed by atoms with E-state index in [1.807, 2.05) is 0 Å². The van der Waals surface area contributed by atoms with E-state index in [1.165, 1.54) is 13.2 Å². The van der Waals surface area contributed by atoms with Gasteiger partial charge in [0.25, 0.3) is 5.91 Å². The first-order valence-electron chi connectivity index (χ1n) is 7.22. The molecule has 1 aliphatic heterocycles. The minimum Gasteiger partial charge on any atom is -0.497 e. The van der Waals surface area contributed by atoms with Crippen LogP contribution in [0.1, 0.15) is 6.42 Å². The van der Waals surface area contributed by atoms with Gasteiger partial charge in [-0.1, -0.05) is 0 Å². The first-order chi connectivity index (χ1) is 11.5. The summed E-state index contributed by atoms with van der Waals surface area (Å²) in [7, 11) is 1.52. The first-order valence-corrected chi connectivity index (χ1v) is 7.22. The minimum absolute atomic E-state index is 0.0656. The molecule has 7 heteroatoms. The molecule has 0 radical (unpaired) electrons. The highest BCUT2D eigenvalue weighted by Gasteiger charge is 2.39. The monoisotopic (exact) mass is 332 g/mol. The smallest absolute Gasteiger partial charge is 0.256 e. The molecule has 2 aromatic carbocycles. The van der Waals surface area contributed by atoms with Gasteiger partial charge in [0.05, 0.1) is 19.2 Å². The van der Waals surface area contributed by atoms with Crippen LogP contribution in [-0.4, -0.2) is 25.0 Å². The summed E-state index contributed by atoms with van der Waals surface area (Å²) < 4.78 is 31.2. The largest absolute Gasteiger partial charge is 0.497 e. The molecule has 124 valence electrons. The van der Waals surface area contributed by atoms with Crippen LogP contribution in [0.25, 0.3) is 0 Å². The average Bonchev–Trinajstić information content (AvgIpc) is 2.85.